The quantitative estimate of drug-likeness (QED) is 0.897. The van der Waals surface area contributed by atoms with Gasteiger partial charge in [0.2, 0.25) is 5.91 Å². The van der Waals surface area contributed by atoms with E-state index < -0.39 is 0 Å². The Hall–Kier alpha value is -2.89. The SMILES string of the molecule is CC(=O)Nc1cccc(NC(=O)c2cncc(N3CCCCC3)c2)c1. The minimum Gasteiger partial charge on any atom is -0.370 e. The second-order valence-corrected chi connectivity index (χ2v) is 6.20. The first-order valence-corrected chi connectivity index (χ1v) is 8.51. The zero-order valence-corrected chi connectivity index (χ0v) is 14.3. The van der Waals surface area contributed by atoms with Crippen molar-refractivity contribution in [1.82, 2.24) is 4.98 Å². The number of amides is 2. The summed E-state index contributed by atoms with van der Waals surface area (Å²) in [6.07, 6.45) is 6.98. The summed E-state index contributed by atoms with van der Waals surface area (Å²) in [6, 6.07) is 8.94. The van der Waals surface area contributed by atoms with Gasteiger partial charge in [-0.15, -0.1) is 0 Å². The first-order valence-electron chi connectivity index (χ1n) is 8.51. The third-order valence-corrected chi connectivity index (χ3v) is 4.15. The molecule has 1 aliphatic heterocycles. The highest BCUT2D eigenvalue weighted by molar-refractivity contribution is 6.05. The van der Waals surface area contributed by atoms with E-state index in [9.17, 15) is 9.59 Å². The van der Waals surface area contributed by atoms with E-state index in [2.05, 4.69) is 20.5 Å². The normalized spacial score (nSPS) is 14.0. The van der Waals surface area contributed by atoms with Crippen molar-refractivity contribution < 1.29 is 9.59 Å². The molecule has 1 aliphatic rings. The number of aromatic nitrogens is 1. The van der Waals surface area contributed by atoms with E-state index in [1.165, 1.54) is 26.2 Å². The zero-order valence-electron chi connectivity index (χ0n) is 14.3. The minimum atomic E-state index is -0.216. The fraction of sp³-hybridized carbons (Fsp3) is 0.316. The molecule has 2 aromatic rings. The van der Waals surface area contributed by atoms with Gasteiger partial charge >= 0.3 is 0 Å². The molecule has 25 heavy (non-hydrogen) atoms. The van der Waals surface area contributed by atoms with Crippen LogP contribution in [0.4, 0.5) is 17.1 Å². The average Bonchev–Trinajstić information content (AvgIpc) is 2.62. The lowest BCUT2D eigenvalue weighted by molar-refractivity contribution is -0.114. The molecule has 0 unspecified atom stereocenters. The van der Waals surface area contributed by atoms with Crippen molar-refractivity contribution in [3.05, 3.63) is 48.3 Å². The number of piperidine rings is 1. The monoisotopic (exact) mass is 338 g/mol. The van der Waals surface area contributed by atoms with Crippen LogP contribution in [-0.2, 0) is 4.79 Å². The van der Waals surface area contributed by atoms with E-state index >= 15 is 0 Å². The molecule has 1 aromatic heterocycles. The van der Waals surface area contributed by atoms with Gasteiger partial charge in [0, 0.05) is 37.6 Å². The molecular weight excluding hydrogens is 316 g/mol. The molecule has 1 aromatic carbocycles. The molecular formula is C19H22N4O2. The number of nitrogens with zero attached hydrogens (tertiary/aromatic N) is 2. The van der Waals surface area contributed by atoms with Gasteiger partial charge in [-0.25, -0.2) is 0 Å². The van der Waals surface area contributed by atoms with Crippen molar-refractivity contribution >= 4 is 28.9 Å². The number of hydrogen-bond acceptors (Lipinski definition) is 4. The lowest BCUT2D eigenvalue weighted by Crippen LogP contribution is -2.29. The molecule has 2 heterocycles. The summed E-state index contributed by atoms with van der Waals surface area (Å²) < 4.78 is 0. The molecule has 2 amide bonds. The third-order valence-electron chi connectivity index (χ3n) is 4.15. The molecule has 0 saturated carbocycles. The summed E-state index contributed by atoms with van der Waals surface area (Å²) in [4.78, 5) is 30.2. The summed E-state index contributed by atoms with van der Waals surface area (Å²) in [5.41, 5.74) is 2.78. The van der Waals surface area contributed by atoms with E-state index in [0.717, 1.165) is 18.8 Å². The fourth-order valence-electron chi connectivity index (χ4n) is 2.96. The standard InChI is InChI=1S/C19H22N4O2/c1-14(24)21-16-6-5-7-17(11-16)22-19(25)15-10-18(13-20-12-15)23-8-3-2-4-9-23/h5-7,10-13H,2-4,8-9H2,1H3,(H,21,24)(H,22,25). The van der Waals surface area contributed by atoms with Gasteiger partial charge in [0.15, 0.2) is 0 Å². The molecule has 1 fully saturated rings. The molecule has 0 aliphatic carbocycles. The van der Waals surface area contributed by atoms with E-state index in [4.69, 9.17) is 0 Å². The Bertz CT molecular complexity index is 770. The topological polar surface area (TPSA) is 74.3 Å². The molecule has 130 valence electrons. The van der Waals surface area contributed by atoms with Crippen LogP contribution >= 0.6 is 0 Å². The summed E-state index contributed by atoms with van der Waals surface area (Å²) >= 11 is 0. The highest BCUT2D eigenvalue weighted by atomic mass is 16.2. The largest absolute Gasteiger partial charge is 0.370 e. The van der Waals surface area contributed by atoms with Crippen molar-refractivity contribution in [1.29, 1.82) is 0 Å². The van der Waals surface area contributed by atoms with E-state index in [1.54, 1.807) is 36.7 Å². The Morgan fingerprint density at radius 1 is 1.00 bits per heavy atom. The summed E-state index contributed by atoms with van der Waals surface area (Å²) in [5, 5.41) is 5.55. The Labute approximate surface area is 147 Å². The Morgan fingerprint density at radius 3 is 2.44 bits per heavy atom. The minimum absolute atomic E-state index is 0.151. The van der Waals surface area contributed by atoms with Crippen LogP contribution < -0.4 is 15.5 Å². The van der Waals surface area contributed by atoms with E-state index in [1.807, 2.05) is 6.07 Å². The molecule has 6 heteroatoms. The Morgan fingerprint density at radius 2 is 1.72 bits per heavy atom. The Kier molecular flexibility index (Phi) is 5.28. The van der Waals surface area contributed by atoms with Gasteiger partial charge in [-0.05, 0) is 43.5 Å². The number of carbonyl (C=O) groups is 2. The highest BCUT2D eigenvalue weighted by Crippen LogP contribution is 2.21. The summed E-state index contributed by atoms with van der Waals surface area (Å²) in [5.74, 6) is -0.367. The van der Waals surface area contributed by atoms with Gasteiger partial charge in [0.1, 0.15) is 0 Å². The van der Waals surface area contributed by atoms with Crippen LogP contribution in [0.3, 0.4) is 0 Å². The molecule has 0 atom stereocenters. The number of hydrogen-bond donors (Lipinski definition) is 2. The maximum Gasteiger partial charge on any atom is 0.257 e. The van der Waals surface area contributed by atoms with Crippen LogP contribution in [0, 0.1) is 0 Å². The van der Waals surface area contributed by atoms with Crippen LogP contribution in [0.15, 0.2) is 42.7 Å². The smallest absolute Gasteiger partial charge is 0.257 e. The number of anilines is 3. The van der Waals surface area contributed by atoms with Crippen molar-refractivity contribution in [2.75, 3.05) is 28.6 Å². The van der Waals surface area contributed by atoms with Crippen molar-refractivity contribution in [2.24, 2.45) is 0 Å². The number of pyridine rings is 1. The first-order chi connectivity index (χ1) is 12.1. The lowest BCUT2D eigenvalue weighted by Gasteiger charge is -2.28. The molecule has 0 radical (unpaired) electrons. The van der Waals surface area contributed by atoms with E-state index in [0.29, 0.717) is 16.9 Å². The molecule has 3 rings (SSSR count). The predicted octanol–water partition coefficient (Wildman–Crippen LogP) is 3.28. The molecule has 0 bridgehead atoms. The van der Waals surface area contributed by atoms with Gasteiger partial charge in [0.25, 0.3) is 5.91 Å². The summed E-state index contributed by atoms with van der Waals surface area (Å²) in [6.45, 7) is 3.46. The molecule has 6 nitrogen and oxygen atoms in total. The van der Waals surface area contributed by atoms with Crippen molar-refractivity contribution in [2.45, 2.75) is 26.2 Å². The highest BCUT2D eigenvalue weighted by Gasteiger charge is 2.14. The van der Waals surface area contributed by atoms with Crippen LogP contribution in [0.1, 0.15) is 36.5 Å². The van der Waals surface area contributed by atoms with Gasteiger partial charge in [0.05, 0.1) is 17.4 Å². The zero-order chi connectivity index (χ0) is 17.6. The molecule has 0 spiro atoms. The van der Waals surface area contributed by atoms with Crippen molar-refractivity contribution in [3.63, 3.8) is 0 Å². The van der Waals surface area contributed by atoms with Gasteiger partial charge in [-0.2, -0.15) is 0 Å². The predicted molar refractivity (Wildman–Crippen MR) is 99.0 cm³/mol. The maximum absolute atomic E-state index is 12.5. The second kappa shape index (κ2) is 7.79. The summed E-state index contributed by atoms with van der Waals surface area (Å²) in [7, 11) is 0. The van der Waals surface area contributed by atoms with Crippen LogP contribution in [0.25, 0.3) is 0 Å². The number of nitrogens with one attached hydrogen (secondary N) is 2. The number of benzene rings is 1. The Balaban J connectivity index is 1.72. The average molecular weight is 338 g/mol. The third kappa shape index (κ3) is 4.56. The van der Waals surface area contributed by atoms with Gasteiger partial charge in [-0.3, -0.25) is 14.6 Å². The lowest BCUT2D eigenvalue weighted by atomic mass is 10.1. The van der Waals surface area contributed by atoms with Crippen LogP contribution in [0.2, 0.25) is 0 Å². The number of carbonyl (C=O) groups excluding carboxylic acids is 2. The molecule has 1 saturated heterocycles. The van der Waals surface area contributed by atoms with Crippen molar-refractivity contribution in [3.8, 4) is 0 Å². The van der Waals surface area contributed by atoms with Crippen LogP contribution in [0.5, 0.6) is 0 Å². The van der Waals surface area contributed by atoms with E-state index in [-0.39, 0.29) is 11.8 Å². The maximum atomic E-state index is 12.5. The first kappa shape index (κ1) is 17.0. The second-order valence-electron chi connectivity index (χ2n) is 6.20. The van der Waals surface area contributed by atoms with Crippen LogP contribution in [-0.4, -0.2) is 29.9 Å². The molecule has 2 N–H and O–H groups in total. The number of rotatable bonds is 4. The van der Waals surface area contributed by atoms with Gasteiger partial charge in [-0.1, -0.05) is 6.07 Å². The fourth-order valence-corrected chi connectivity index (χ4v) is 2.96. The van der Waals surface area contributed by atoms with Gasteiger partial charge < -0.3 is 15.5 Å².